The number of aromatic hydroxyl groups is 3. The van der Waals surface area contributed by atoms with Gasteiger partial charge in [-0.1, -0.05) is 89.4 Å². The molecule has 12 atom stereocenters. The van der Waals surface area contributed by atoms with Gasteiger partial charge in [0.15, 0.2) is 23.8 Å². The molecule has 11 bridgehead atoms. The largest absolute Gasteiger partial charge is 0.508 e. The van der Waals surface area contributed by atoms with Gasteiger partial charge in [-0.25, -0.2) is 4.79 Å². The average molecular weight is 1400 g/mol. The maximum absolute atomic E-state index is 15.7. The van der Waals surface area contributed by atoms with Crippen molar-refractivity contribution < 1.29 is 93.0 Å². The summed E-state index contributed by atoms with van der Waals surface area (Å²) in [6.45, 7) is 3.32. The number of rotatable bonds is 12. The molecule has 12 unspecified atom stereocenters. The highest BCUT2D eigenvalue weighted by Crippen LogP contribution is 2.49. The number of aliphatic hydroxyl groups is 3. The number of benzene rings is 7. The van der Waals surface area contributed by atoms with E-state index in [1.54, 1.807) is 6.92 Å². The Labute approximate surface area is 572 Å². The number of fused-ring (bicyclic) bond motifs is 15. The number of aliphatic hydroxyl groups excluding tert-OH is 3. The maximum atomic E-state index is 15.7. The van der Waals surface area contributed by atoms with Crippen LogP contribution < -0.4 is 57.6 Å². The minimum atomic E-state index is -2.20. The van der Waals surface area contributed by atoms with Crippen LogP contribution in [0.5, 0.6) is 46.0 Å². The van der Waals surface area contributed by atoms with Crippen LogP contribution in [0, 0.1) is 0 Å². The third kappa shape index (κ3) is 14.9. The molecule has 0 aliphatic carbocycles. The molecule has 7 aromatic rings. The number of hydrogen-bond donors (Lipinski definition) is 15. The van der Waals surface area contributed by atoms with Gasteiger partial charge in [0.1, 0.15) is 77.8 Å². The number of carbonyl (C=O) groups excluding carboxylic acids is 6. The number of carboxylic acids is 1. The van der Waals surface area contributed by atoms with Crippen LogP contribution in [0.15, 0.2) is 127 Å². The van der Waals surface area contributed by atoms with Crippen molar-refractivity contribution >= 4 is 76.2 Å². The Morgan fingerprint density at radius 3 is 1.86 bits per heavy atom. The fourth-order valence-corrected chi connectivity index (χ4v) is 12.6. The second-order valence-corrected chi connectivity index (χ2v) is 25.3. The predicted molar refractivity (Wildman–Crippen MR) is 351 cm³/mol. The zero-order chi connectivity index (χ0) is 70.2. The summed E-state index contributed by atoms with van der Waals surface area (Å²) >= 11 is 20.0. The lowest BCUT2D eigenvalue weighted by molar-refractivity contribution is -0.242. The van der Waals surface area contributed by atoms with E-state index in [0.29, 0.717) is 11.6 Å². The molecule has 1 saturated heterocycles. The second kappa shape index (κ2) is 28.7. The fraction of sp³-hybridized carbons (Fsp3) is 0.279. The average Bonchev–Trinajstić information content (AvgIpc) is 0.767. The van der Waals surface area contributed by atoms with E-state index in [0.717, 1.165) is 53.1 Å². The Morgan fingerprint density at radius 1 is 0.643 bits per heavy atom. The molecular formula is C68H65Cl3N8O19. The minimum absolute atomic E-state index is 0.0114. The first-order valence-electron chi connectivity index (χ1n) is 30.5. The zero-order valence-electron chi connectivity index (χ0n) is 51.8. The number of ether oxygens (including phenoxy) is 5. The molecule has 1 fully saturated rings. The van der Waals surface area contributed by atoms with Gasteiger partial charge < -0.3 is 103 Å². The molecule has 0 radical (unpaired) electrons. The molecule has 7 aromatic carbocycles. The molecule has 98 heavy (non-hydrogen) atoms. The van der Waals surface area contributed by atoms with E-state index >= 15 is 9.59 Å². The van der Waals surface area contributed by atoms with Gasteiger partial charge in [0.25, 0.3) is 0 Å². The van der Waals surface area contributed by atoms with Crippen molar-refractivity contribution in [2.75, 3.05) is 13.2 Å². The molecule has 0 saturated carbocycles. The third-order valence-corrected chi connectivity index (χ3v) is 18.0. The molecule has 0 spiro atoms. The van der Waals surface area contributed by atoms with Crippen LogP contribution in [0.25, 0.3) is 22.3 Å². The van der Waals surface area contributed by atoms with Crippen molar-refractivity contribution in [3.05, 3.63) is 176 Å². The van der Waals surface area contributed by atoms with Crippen LogP contribution in [0.3, 0.4) is 0 Å². The van der Waals surface area contributed by atoms with E-state index < -0.39 is 154 Å². The van der Waals surface area contributed by atoms with E-state index in [4.69, 9.17) is 70.0 Å². The lowest BCUT2D eigenvalue weighted by Crippen LogP contribution is -2.62. The summed E-state index contributed by atoms with van der Waals surface area (Å²) in [4.78, 5) is 100. The predicted octanol–water partition coefficient (Wildman–Crippen LogP) is 5.66. The summed E-state index contributed by atoms with van der Waals surface area (Å²) in [7, 11) is 0. The molecule has 27 nitrogen and oxygen atoms in total. The van der Waals surface area contributed by atoms with Crippen LogP contribution in [0.1, 0.15) is 90.4 Å². The Morgan fingerprint density at radius 2 is 1.23 bits per heavy atom. The van der Waals surface area contributed by atoms with Gasteiger partial charge in [0.2, 0.25) is 41.2 Å². The standard InChI is InChI=1S/C68H65Cl3N8O19/c1-29-61(86)68(2,74-28-30-3-5-31(6-4-30)32-7-12-37(69)13-8-32)27-51(96-29)94-17-18-95-60-48-22-36-23-49(60)98-47-16-11-35(21-42(47)71)59(85)57-66(91)78-56(67(92)93)40-24-38(80)25-45(82)52(40)39-19-33(9-14-44(39)81)54(64(89)79-57)77-65(90)55(36)76-62(87)43(26-50(72)83)75-63(88)53(73)58(84)34-10-15-46(97-48)41(70)20-34/h3-16,19-25,29,43,51,53-59,61,74,80-82,84-86H,17-18,26-28,73H2,1-2H3,(H2,72,83)(H,75,88)(H,76,87)(H,77,90)(H,78,91)(H,79,89)(H,92,93). The normalized spacial score (nSPS) is 24.8. The summed E-state index contributed by atoms with van der Waals surface area (Å²) in [5.41, 5.74) is 11.7. The summed E-state index contributed by atoms with van der Waals surface area (Å²) in [6.07, 6.45) is -7.43. The first kappa shape index (κ1) is 69.6. The molecule has 512 valence electrons. The molecular weight excluding hydrogens is 1340 g/mol. The molecule has 13 rings (SSSR count). The second-order valence-electron chi connectivity index (χ2n) is 24.0. The molecule has 6 aliphatic heterocycles. The van der Waals surface area contributed by atoms with Gasteiger partial charge in [-0.2, -0.15) is 0 Å². The Bertz CT molecular complexity index is 4300. The Hall–Kier alpha value is -9.78. The van der Waals surface area contributed by atoms with Gasteiger partial charge >= 0.3 is 5.97 Å². The summed E-state index contributed by atoms with van der Waals surface area (Å²) < 4.78 is 32.1. The van der Waals surface area contributed by atoms with Crippen LogP contribution in [0.4, 0.5) is 0 Å². The topological polar surface area (TPSA) is 431 Å². The van der Waals surface area contributed by atoms with Crippen molar-refractivity contribution in [3.8, 4) is 68.2 Å². The molecule has 17 N–H and O–H groups in total. The van der Waals surface area contributed by atoms with Crippen LogP contribution in [0.2, 0.25) is 15.1 Å². The molecule has 6 heterocycles. The van der Waals surface area contributed by atoms with Gasteiger partial charge in [-0.05, 0) is 120 Å². The molecule has 30 heteroatoms. The zero-order valence-corrected chi connectivity index (χ0v) is 54.1. The van der Waals surface area contributed by atoms with Crippen molar-refractivity contribution in [2.45, 2.75) is 106 Å². The summed E-state index contributed by atoms with van der Waals surface area (Å²) in [5.74, 6) is -13.0. The monoisotopic (exact) mass is 1400 g/mol. The highest BCUT2D eigenvalue weighted by molar-refractivity contribution is 6.32. The van der Waals surface area contributed by atoms with Crippen molar-refractivity contribution in [1.82, 2.24) is 31.9 Å². The van der Waals surface area contributed by atoms with Crippen LogP contribution in [-0.2, 0) is 49.6 Å². The smallest absolute Gasteiger partial charge is 0.330 e. The fourth-order valence-electron chi connectivity index (χ4n) is 12.0. The quantitative estimate of drug-likeness (QED) is 0.0656. The van der Waals surface area contributed by atoms with Gasteiger partial charge in [0, 0.05) is 46.3 Å². The van der Waals surface area contributed by atoms with Gasteiger partial charge in [0.05, 0.1) is 35.3 Å². The third-order valence-electron chi connectivity index (χ3n) is 17.2. The first-order chi connectivity index (χ1) is 46.6. The van der Waals surface area contributed by atoms with E-state index in [1.807, 2.05) is 55.5 Å². The summed E-state index contributed by atoms with van der Waals surface area (Å²) in [5, 5.41) is 95.2. The van der Waals surface area contributed by atoms with E-state index in [-0.39, 0.29) is 80.7 Å². The Kier molecular flexibility index (Phi) is 20.4. The van der Waals surface area contributed by atoms with E-state index in [2.05, 4.69) is 31.9 Å². The Balaban J connectivity index is 1.02. The number of amides is 6. The number of halogens is 3. The molecule has 6 aliphatic rings. The lowest BCUT2D eigenvalue weighted by atomic mass is 9.85. The molecule has 6 amide bonds. The number of hydrogen-bond acceptors (Lipinski definition) is 20. The van der Waals surface area contributed by atoms with Crippen LogP contribution >= 0.6 is 34.8 Å². The van der Waals surface area contributed by atoms with Gasteiger partial charge in [-0.15, -0.1) is 0 Å². The number of aliphatic carboxylic acids is 1. The number of nitrogens with one attached hydrogen (secondary N) is 6. The highest BCUT2D eigenvalue weighted by Gasteiger charge is 2.46. The minimum Gasteiger partial charge on any atom is -0.508 e. The van der Waals surface area contributed by atoms with Gasteiger partial charge in [-0.3, -0.25) is 28.8 Å². The number of carbonyl (C=O) groups is 7. The number of phenols is 3. The SMILES string of the molecule is CC1OC(OCCOc2c3cc4cc2Oc2ccc(cc2Cl)C(O)C2NC(=O)C(NC(=O)C4NC(=O)C(CC(N)=O)NC(=O)C(N)C(O)c4ccc(c(Cl)c4)O3)c3ccc(O)c(c3)-c3c(O)cc(O)cc3C(C(=O)O)NC2=O)CC(C)(NCc2ccc(-c3ccc(Cl)cc3)cc2)C1O. The van der Waals surface area contributed by atoms with E-state index in [1.165, 1.54) is 42.5 Å². The van der Waals surface area contributed by atoms with Crippen molar-refractivity contribution in [1.29, 1.82) is 0 Å². The summed E-state index contributed by atoms with van der Waals surface area (Å²) in [6, 6.07) is 17.7. The van der Waals surface area contributed by atoms with Crippen molar-refractivity contribution in [2.24, 2.45) is 11.5 Å². The maximum Gasteiger partial charge on any atom is 0.330 e. The number of carboxylic acid groups (broad SMARTS) is 1. The number of phenolic OH excluding ortho intramolecular Hbond substituents is 3. The molecule has 0 aromatic heterocycles. The van der Waals surface area contributed by atoms with E-state index in [9.17, 15) is 59.7 Å². The van der Waals surface area contributed by atoms with Crippen molar-refractivity contribution in [3.63, 3.8) is 0 Å². The number of primary amides is 1. The van der Waals surface area contributed by atoms with Crippen LogP contribution in [-0.4, -0.2) is 133 Å². The number of nitrogens with two attached hydrogens (primary N) is 2. The highest BCUT2D eigenvalue weighted by atomic mass is 35.5. The lowest BCUT2D eigenvalue weighted by Gasteiger charge is -2.45. The first-order valence-corrected chi connectivity index (χ1v) is 31.6.